The summed E-state index contributed by atoms with van der Waals surface area (Å²) in [4.78, 5) is 13.7. The van der Waals surface area contributed by atoms with E-state index in [9.17, 15) is 13.6 Å². The van der Waals surface area contributed by atoms with Crippen molar-refractivity contribution in [3.63, 3.8) is 0 Å². The Hall–Kier alpha value is -2.71. The molecular formula is C14H15F2N5O2. The van der Waals surface area contributed by atoms with Crippen LogP contribution in [-0.4, -0.2) is 34.2 Å². The number of nitrogens with zero attached hydrogens (tertiary/aromatic N) is 3. The van der Waals surface area contributed by atoms with E-state index in [2.05, 4.69) is 15.5 Å². The van der Waals surface area contributed by atoms with Crippen molar-refractivity contribution in [2.75, 3.05) is 24.1 Å². The summed E-state index contributed by atoms with van der Waals surface area (Å²) in [5, 5.41) is 9.96. The molecule has 23 heavy (non-hydrogen) atoms. The molecule has 1 saturated heterocycles. The van der Waals surface area contributed by atoms with Gasteiger partial charge in [0.2, 0.25) is 5.89 Å². The smallest absolute Gasteiger partial charge is 0.321 e. The van der Waals surface area contributed by atoms with E-state index in [0.717, 1.165) is 18.2 Å². The topological polar surface area (TPSA) is 97.3 Å². The zero-order valence-electron chi connectivity index (χ0n) is 12.1. The van der Waals surface area contributed by atoms with E-state index < -0.39 is 17.7 Å². The van der Waals surface area contributed by atoms with Crippen molar-refractivity contribution < 1.29 is 18.0 Å². The molecule has 0 saturated carbocycles. The maximum absolute atomic E-state index is 13.1. The highest BCUT2D eigenvalue weighted by Crippen LogP contribution is 2.27. The minimum atomic E-state index is -0.743. The first-order valence-electron chi connectivity index (χ1n) is 7.12. The van der Waals surface area contributed by atoms with Crippen LogP contribution in [0.1, 0.15) is 24.7 Å². The Morgan fingerprint density at radius 1 is 1.22 bits per heavy atom. The highest BCUT2D eigenvalue weighted by atomic mass is 19.1. The Bertz CT molecular complexity index is 693. The number of carbonyl (C=O) groups excluding carboxylic acids is 1. The number of likely N-dealkylation sites (tertiary alicyclic amines) is 1. The number of piperidine rings is 1. The highest BCUT2D eigenvalue weighted by molar-refractivity contribution is 5.89. The zero-order chi connectivity index (χ0) is 16.4. The monoisotopic (exact) mass is 323 g/mol. The van der Waals surface area contributed by atoms with Gasteiger partial charge in [-0.05, 0) is 25.0 Å². The predicted molar refractivity (Wildman–Crippen MR) is 77.6 cm³/mol. The number of aromatic nitrogens is 2. The van der Waals surface area contributed by atoms with Crippen LogP contribution in [-0.2, 0) is 0 Å². The number of carbonyl (C=O) groups is 1. The first-order valence-corrected chi connectivity index (χ1v) is 7.12. The van der Waals surface area contributed by atoms with Gasteiger partial charge in [0.15, 0.2) is 0 Å². The van der Waals surface area contributed by atoms with Gasteiger partial charge in [0.05, 0.1) is 0 Å². The Balaban J connectivity index is 1.57. The van der Waals surface area contributed by atoms with Crippen LogP contribution in [0.15, 0.2) is 22.6 Å². The number of hydrogen-bond donors (Lipinski definition) is 2. The van der Waals surface area contributed by atoms with Crippen molar-refractivity contribution in [1.29, 1.82) is 0 Å². The third-order valence-corrected chi connectivity index (χ3v) is 3.70. The maximum atomic E-state index is 13.1. The van der Waals surface area contributed by atoms with Crippen LogP contribution in [0, 0.1) is 11.6 Å². The van der Waals surface area contributed by atoms with Crippen molar-refractivity contribution in [3.8, 4) is 0 Å². The van der Waals surface area contributed by atoms with Gasteiger partial charge in [0.1, 0.15) is 11.6 Å². The van der Waals surface area contributed by atoms with Gasteiger partial charge in [-0.15, -0.1) is 5.10 Å². The molecule has 3 rings (SSSR count). The van der Waals surface area contributed by atoms with Gasteiger partial charge in [-0.3, -0.25) is 0 Å². The molecule has 122 valence electrons. The van der Waals surface area contributed by atoms with Gasteiger partial charge >= 0.3 is 12.0 Å². The molecule has 1 aliphatic heterocycles. The van der Waals surface area contributed by atoms with Gasteiger partial charge in [-0.1, -0.05) is 5.10 Å². The van der Waals surface area contributed by atoms with E-state index in [1.807, 2.05) is 0 Å². The number of benzene rings is 1. The Labute approximate surface area is 130 Å². The van der Waals surface area contributed by atoms with Crippen LogP contribution in [0.5, 0.6) is 0 Å². The third-order valence-electron chi connectivity index (χ3n) is 3.70. The predicted octanol–water partition coefficient (Wildman–Crippen LogP) is 2.34. The van der Waals surface area contributed by atoms with E-state index in [0.29, 0.717) is 31.8 Å². The second kappa shape index (κ2) is 6.19. The number of hydrogen-bond acceptors (Lipinski definition) is 5. The van der Waals surface area contributed by atoms with Crippen molar-refractivity contribution in [1.82, 2.24) is 15.1 Å². The quantitative estimate of drug-likeness (QED) is 0.884. The SMILES string of the molecule is Nc1nnc(C2CCN(C(=O)Nc3cc(F)cc(F)c3)CC2)o1. The van der Waals surface area contributed by atoms with Gasteiger partial charge in [-0.2, -0.15) is 0 Å². The Morgan fingerprint density at radius 3 is 2.43 bits per heavy atom. The molecule has 0 aliphatic carbocycles. The molecule has 7 nitrogen and oxygen atoms in total. The minimum Gasteiger partial charge on any atom is -0.408 e. The van der Waals surface area contributed by atoms with Crippen LogP contribution in [0.2, 0.25) is 0 Å². The maximum Gasteiger partial charge on any atom is 0.321 e. The lowest BCUT2D eigenvalue weighted by atomic mass is 9.97. The number of halogens is 2. The highest BCUT2D eigenvalue weighted by Gasteiger charge is 2.27. The van der Waals surface area contributed by atoms with Gasteiger partial charge in [-0.25, -0.2) is 13.6 Å². The number of nitrogen functional groups attached to an aromatic ring is 1. The fourth-order valence-electron chi connectivity index (χ4n) is 2.57. The van der Waals surface area contributed by atoms with Crippen LogP contribution in [0.3, 0.4) is 0 Å². The van der Waals surface area contributed by atoms with Gasteiger partial charge < -0.3 is 20.4 Å². The van der Waals surface area contributed by atoms with Crippen molar-refractivity contribution in [2.45, 2.75) is 18.8 Å². The number of nitrogens with one attached hydrogen (secondary N) is 1. The molecule has 2 amide bonds. The number of anilines is 2. The molecular weight excluding hydrogens is 308 g/mol. The normalized spacial score (nSPS) is 15.7. The third kappa shape index (κ3) is 3.55. The summed E-state index contributed by atoms with van der Waals surface area (Å²) in [6, 6.07) is 2.49. The first-order chi connectivity index (χ1) is 11.0. The molecule has 1 aromatic heterocycles. The molecule has 1 aromatic carbocycles. The second-order valence-electron chi connectivity index (χ2n) is 5.33. The van der Waals surface area contributed by atoms with Crippen LogP contribution >= 0.6 is 0 Å². The fourth-order valence-corrected chi connectivity index (χ4v) is 2.57. The molecule has 9 heteroatoms. The van der Waals surface area contributed by atoms with E-state index >= 15 is 0 Å². The number of amides is 2. The first kappa shape index (κ1) is 15.2. The number of urea groups is 1. The zero-order valence-corrected chi connectivity index (χ0v) is 12.1. The van der Waals surface area contributed by atoms with Crippen molar-refractivity contribution in [3.05, 3.63) is 35.7 Å². The van der Waals surface area contributed by atoms with E-state index in [1.165, 1.54) is 0 Å². The van der Waals surface area contributed by atoms with Crippen LogP contribution < -0.4 is 11.1 Å². The minimum absolute atomic E-state index is 0.0216. The molecule has 0 unspecified atom stereocenters. The molecule has 0 atom stereocenters. The summed E-state index contributed by atoms with van der Waals surface area (Å²) in [6.45, 7) is 0.938. The second-order valence-corrected chi connectivity index (χ2v) is 5.33. The average molecular weight is 323 g/mol. The summed E-state index contributed by atoms with van der Waals surface area (Å²) < 4.78 is 31.4. The van der Waals surface area contributed by atoms with E-state index in [4.69, 9.17) is 10.2 Å². The lowest BCUT2D eigenvalue weighted by Crippen LogP contribution is -2.40. The molecule has 1 aliphatic rings. The number of nitrogens with two attached hydrogens (primary N) is 1. The lowest BCUT2D eigenvalue weighted by Gasteiger charge is -2.30. The van der Waals surface area contributed by atoms with Crippen molar-refractivity contribution >= 4 is 17.7 Å². The average Bonchev–Trinajstić information content (AvgIpc) is 2.93. The lowest BCUT2D eigenvalue weighted by molar-refractivity contribution is 0.190. The van der Waals surface area contributed by atoms with Crippen LogP contribution in [0.4, 0.5) is 25.3 Å². The van der Waals surface area contributed by atoms with Gasteiger partial charge in [0, 0.05) is 30.8 Å². The summed E-state index contributed by atoms with van der Waals surface area (Å²) >= 11 is 0. The standard InChI is InChI=1S/C14H15F2N5O2/c15-9-5-10(16)7-11(6-9)18-14(22)21-3-1-8(2-4-21)12-19-20-13(17)23-12/h5-8H,1-4H2,(H2,17,20)(H,18,22). The summed E-state index contributed by atoms with van der Waals surface area (Å²) in [7, 11) is 0. The van der Waals surface area contributed by atoms with Crippen LogP contribution in [0.25, 0.3) is 0 Å². The molecule has 1 fully saturated rings. The summed E-state index contributed by atoms with van der Waals surface area (Å²) in [5.41, 5.74) is 5.48. The van der Waals surface area contributed by atoms with E-state index in [1.54, 1.807) is 4.90 Å². The summed E-state index contributed by atoms with van der Waals surface area (Å²) in [6.07, 6.45) is 1.29. The Kier molecular flexibility index (Phi) is 4.09. The molecule has 0 radical (unpaired) electrons. The Morgan fingerprint density at radius 2 is 1.87 bits per heavy atom. The molecule has 3 N–H and O–H groups in total. The van der Waals surface area contributed by atoms with Crippen molar-refractivity contribution in [2.24, 2.45) is 0 Å². The summed E-state index contributed by atoms with van der Waals surface area (Å²) in [5.74, 6) is -0.966. The number of rotatable bonds is 2. The fraction of sp³-hybridized carbons (Fsp3) is 0.357. The van der Waals surface area contributed by atoms with Gasteiger partial charge in [0.25, 0.3) is 0 Å². The molecule has 2 heterocycles. The molecule has 0 spiro atoms. The molecule has 0 bridgehead atoms. The largest absolute Gasteiger partial charge is 0.408 e. The molecule has 2 aromatic rings. The van der Waals surface area contributed by atoms with E-state index in [-0.39, 0.29) is 17.6 Å².